The first-order chi connectivity index (χ1) is 10.1. The van der Waals surface area contributed by atoms with Gasteiger partial charge in [0.2, 0.25) is 0 Å². The van der Waals surface area contributed by atoms with Gasteiger partial charge in [-0.3, -0.25) is 4.79 Å². The van der Waals surface area contributed by atoms with Crippen molar-refractivity contribution in [2.45, 2.75) is 20.8 Å². The highest BCUT2D eigenvalue weighted by atomic mass is 16.4. The summed E-state index contributed by atoms with van der Waals surface area (Å²) in [4.78, 5) is 46.0. The molecular weight excluding hydrogens is 292 g/mol. The van der Waals surface area contributed by atoms with Gasteiger partial charge in [0.15, 0.2) is 5.78 Å². The lowest BCUT2D eigenvalue weighted by Gasteiger charge is -2.12. The van der Waals surface area contributed by atoms with Crippen molar-refractivity contribution in [1.82, 2.24) is 0 Å². The molecule has 0 saturated carbocycles. The summed E-state index contributed by atoms with van der Waals surface area (Å²) in [5.74, 6) is -5.39. The fraction of sp³-hybridized carbons (Fsp3) is 0.200. The van der Waals surface area contributed by atoms with Gasteiger partial charge in [0.05, 0.1) is 22.3 Å². The standard InChI is InChI=1S/C15H14O7/c1-6(2)7(3)12(16)11-9(14(19)20)4-8(13(17)18)5-10(11)15(21)22/h4-5H,1-3H3,(H,17,18)(H,19,20)(H,21,22). The molecule has 0 spiro atoms. The number of carboxylic acids is 3. The second-order valence-corrected chi connectivity index (χ2v) is 4.82. The van der Waals surface area contributed by atoms with Gasteiger partial charge in [0.25, 0.3) is 0 Å². The minimum atomic E-state index is -1.57. The molecule has 0 heterocycles. The molecule has 0 fully saturated rings. The summed E-state index contributed by atoms with van der Waals surface area (Å²) in [6.07, 6.45) is 0. The molecule has 1 aromatic rings. The summed E-state index contributed by atoms with van der Waals surface area (Å²) in [5.41, 5.74) is -1.54. The fourth-order valence-corrected chi connectivity index (χ4v) is 1.76. The van der Waals surface area contributed by atoms with Gasteiger partial charge in [0, 0.05) is 0 Å². The van der Waals surface area contributed by atoms with Crippen molar-refractivity contribution < 1.29 is 34.5 Å². The van der Waals surface area contributed by atoms with Crippen LogP contribution in [0.3, 0.4) is 0 Å². The van der Waals surface area contributed by atoms with Crippen molar-refractivity contribution in [3.8, 4) is 0 Å². The molecule has 0 aliphatic heterocycles. The molecule has 0 radical (unpaired) electrons. The lowest BCUT2D eigenvalue weighted by atomic mass is 9.90. The second-order valence-electron chi connectivity index (χ2n) is 4.82. The van der Waals surface area contributed by atoms with Gasteiger partial charge in [-0.2, -0.15) is 0 Å². The molecule has 0 aromatic heterocycles. The van der Waals surface area contributed by atoms with Gasteiger partial charge in [-0.1, -0.05) is 5.57 Å². The molecule has 0 saturated heterocycles. The van der Waals surface area contributed by atoms with Crippen LogP contribution in [-0.2, 0) is 0 Å². The van der Waals surface area contributed by atoms with Crippen molar-refractivity contribution in [2.24, 2.45) is 0 Å². The van der Waals surface area contributed by atoms with E-state index in [0.29, 0.717) is 5.57 Å². The average molecular weight is 306 g/mol. The molecule has 116 valence electrons. The third kappa shape index (κ3) is 3.20. The topological polar surface area (TPSA) is 129 Å². The molecule has 7 heteroatoms. The van der Waals surface area contributed by atoms with Crippen molar-refractivity contribution in [3.05, 3.63) is 45.5 Å². The molecule has 0 bridgehead atoms. The van der Waals surface area contributed by atoms with Gasteiger partial charge in [0.1, 0.15) is 0 Å². The number of carbonyl (C=O) groups excluding carboxylic acids is 1. The Balaban J connectivity index is 3.85. The van der Waals surface area contributed by atoms with Gasteiger partial charge >= 0.3 is 17.9 Å². The van der Waals surface area contributed by atoms with Crippen LogP contribution in [0.2, 0.25) is 0 Å². The molecule has 1 rings (SSSR count). The van der Waals surface area contributed by atoms with Crippen molar-refractivity contribution in [2.75, 3.05) is 0 Å². The summed E-state index contributed by atoms with van der Waals surface area (Å²) < 4.78 is 0. The van der Waals surface area contributed by atoms with Crippen molar-refractivity contribution in [1.29, 1.82) is 0 Å². The lowest BCUT2D eigenvalue weighted by molar-refractivity contribution is 0.0689. The van der Waals surface area contributed by atoms with Crippen LogP contribution in [0.25, 0.3) is 0 Å². The fourth-order valence-electron chi connectivity index (χ4n) is 1.76. The minimum Gasteiger partial charge on any atom is -0.478 e. The molecule has 3 N–H and O–H groups in total. The summed E-state index contributed by atoms with van der Waals surface area (Å²) in [6, 6.07) is 1.56. The van der Waals surface area contributed by atoms with E-state index in [9.17, 15) is 29.4 Å². The van der Waals surface area contributed by atoms with E-state index in [1.165, 1.54) is 6.92 Å². The zero-order valence-corrected chi connectivity index (χ0v) is 12.1. The van der Waals surface area contributed by atoms with E-state index in [-0.39, 0.29) is 5.57 Å². The number of aromatic carboxylic acids is 3. The number of hydrogen-bond donors (Lipinski definition) is 3. The SMILES string of the molecule is CC(C)=C(C)C(=O)c1c(C(=O)O)cc(C(=O)O)cc1C(=O)O. The van der Waals surface area contributed by atoms with E-state index in [2.05, 4.69) is 0 Å². The first kappa shape index (κ1) is 17.1. The molecule has 7 nitrogen and oxygen atoms in total. The molecule has 0 atom stereocenters. The number of rotatable bonds is 5. The highest BCUT2D eigenvalue weighted by Gasteiger charge is 2.27. The zero-order valence-electron chi connectivity index (χ0n) is 12.1. The quantitative estimate of drug-likeness (QED) is 0.562. The zero-order chi connectivity index (χ0) is 17.2. The highest BCUT2D eigenvalue weighted by Crippen LogP contribution is 2.23. The van der Waals surface area contributed by atoms with E-state index >= 15 is 0 Å². The van der Waals surface area contributed by atoms with Crippen LogP contribution in [0.15, 0.2) is 23.3 Å². The van der Waals surface area contributed by atoms with Crippen LogP contribution in [0, 0.1) is 0 Å². The van der Waals surface area contributed by atoms with Gasteiger partial charge in [-0.05, 0) is 38.5 Å². The van der Waals surface area contributed by atoms with E-state index < -0.39 is 45.9 Å². The van der Waals surface area contributed by atoms with Crippen LogP contribution in [0.4, 0.5) is 0 Å². The summed E-state index contributed by atoms with van der Waals surface area (Å²) >= 11 is 0. The number of Topliss-reactive ketones (excluding diaryl/α,β-unsaturated/α-hetero) is 1. The van der Waals surface area contributed by atoms with Crippen LogP contribution in [0.5, 0.6) is 0 Å². The molecule has 0 amide bonds. The monoisotopic (exact) mass is 306 g/mol. The summed E-state index contributed by atoms with van der Waals surface area (Å²) in [6.45, 7) is 4.69. The van der Waals surface area contributed by atoms with E-state index in [4.69, 9.17) is 5.11 Å². The maximum absolute atomic E-state index is 12.4. The van der Waals surface area contributed by atoms with Crippen LogP contribution < -0.4 is 0 Å². The molecular formula is C15H14O7. The van der Waals surface area contributed by atoms with Crippen LogP contribution in [-0.4, -0.2) is 39.0 Å². The lowest BCUT2D eigenvalue weighted by Crippen LogP contribution is -2.18. The third-order valence-electron chi connectivity index (χ3n) is 3.16. The Morgan fingerprint density at radius 3 is 1.45 bits per heavy atom. The Labute approximate surface area is 125 Å². The van der Waals surface area contributed by atoms with Gasteiger partial charge in [-0.25, -0.2) is 14.4 Å². The average Bonchev–Trinajstić information content (AvgIpc) is 2.43. The summed E-state index contributed by atoms with van der Waals surface area (Å²) in [5, 5.41) is 27.3. The number of hydrogen-bond acceptors (Lipinski definition) is 4. The maximum Gasteiger partial charge on any atom is 0.336 e. The normalized spacial score (nSPS) is 9.95. The molecule has 0 unspecified atom stereocenters. The molecule has 0 aliphatic carbocycles. The number of ketones is 1. The van der Waals surface area contributed by atoms with Crippen LogP contribution in [0.1, 0.15) is 62.2 Å². The Bertz CT molecular complexity index is 686. The van der Waals surface area contributed by atoms with Crippen molar-refractivity contribution in [3.63, 3.8) is 0 Å². The van der Waals surface area contributed by atoms with Crippen LogP contribution >= 0.6 is 0 Å². The smallest absolute Gasteiger partial charge is 0.336 e. The molecule has 1 aromatic carbocycles. The van der Waals surface area contributed by atoms with E-state index in [1.54, 1.807) is 13.8 Å². The number of carbonyl (C=O) groups is 4. The largest absolute Gasteiger partial charge is 0.478 e. The van der Waals surface area contributed by atoms with E-state index in [0.717, 1.165) is 12.1 Å². The Morgan fingerprint density at radius 2 is 1.18 bits per heavy atom. The molecule has 0 aliphatic rings. The maximum atomic E-state index is 12.4. The first-order valence-corrected chi connectivity index (χ1v) is 6.14. The van der Waals surface area contributed by atoms with Gasteiger partial charge in [-0.15, -0.1) is 0 Å². The number of carboxylic acid groups (broad SMARTS) is 3. The third-order valence-corrected chi connectivity index (χ3v) is 3.16. The summed E-state index contributed by atoms with van der Waals surface area (Å²) in [7, 11) is 0. The second kappa shape index (κ2) is 6.21. The van der Waals surface area contributed by atoms with E-state index in [1.807, 2.05) is 0 Å². The Morgan fingerprint density at radius 1 is 0.773 bits per heavy atom. The Hall–Kier alpha value is -2.96. The first-order valence-electron chi connectivity index (χ1n) is 6.14. The number of allylic oxidation sites excluding steroid dienone is 2. The predicted octanol–water partition coefficient (Wildman–Crippen LogP) is 2.32. The Kier molecular flexibility index (Phi) is 4.83. The predicted molar refractivity (Wildman–Crippen MR) is 75.7 cm³/mol. The highest BCUT2D eigenvalue weighted by molar-refractivity contribution is 6.19. The minimum absolute atomic E-state index is 0.202. The number of benzene rings is 1. The van der Waals surface area contributed by atoms with Crippen molar-refractivity contribution >= 4 is 23.7 Å². The molecule has 22 heavy (non-hydrogen) atoms. The van der Waals surface area contributed by atoms with Gasteiger partial charge < -0.3 is 15.3 Å².